The van der Waals surface area contributed by atoms with Gasteiger partial charge in [-0.3, -0.25) is 28.8 Å². The van der Waals surface area contributed by atoms with E-state index < -0.39 is 47.8 Å². The van der Waals surface area contributed by atoms with Gasteiger partial charge < -0.3 is 31.1 Å². The van der Waals surface area contributed by atoms with Crippen LogP contribution in [0.4, 0.5) is 0 Å². The van der Waals surface area contributed by atoms with Gasteiger partial charge in [-0.1, -0.05) is 81.6 Å². The third kappa shape index (κ3) is 12.8. The molecular formula is C36H64N6O6. The largest absolute Gasteiger partial charge is 0.368 e. The number of primary amides is 1. The summed E-state index contributed by atoms with van der Waals surface area (Å²) in [5, 5.41) is 5.42. The first-order valence-corrected chi connectivity index (χ1v) is 17.4. The number of hydrogen-bond donors (Lipinski definition) is 3. The van der Waals surface area contributed by atoms with Crippen molar-refractivity contribution < 1.29 is 28.8 Å². The van der Waals surface area contributed by atoms with Gasteiger partial charge in [0, 0.05) is 33.5 Å². The molecule has 0 rings (SSSR count). The van der Waals surface area contributed by atoms with E-state index in [0.717, 1.165) is 12.8 Å². The molecule has 7 atom stereocenters. The van der Waals surface area contributed by atoms with Gasteiger partial charge in [-0.05, 0) is 36.5 Å². The summed E-state index contributed by atoms with van der Waals surface area (Å²) < 4.78 is 0. The van der Waals surface area contributed by atoms with Crippen molar-refractivity contribution in [2.75, 3.05) is 27.7 Å². The summed E-state index contributed by atoms with van der Waals surface area (Å²) in [5.41, 5.74) is 5.22. The van der Waals surface area contributed by atoms with E-state index in [1.54, 1.807) is 14.1 Å². The number of amides is 6. The zero-order valence-corrected chi connectivity index (χ0v) is 31.6. The van der Waals surface area contributed by atoms with E-state index in [1.165, 1.54) is 21.7 Å². The highest BCUT2D eigenvalue weighted by atomic mass is 16.2. The Morgan fingerprint density at radius 2 is 1.19 bits per heavy atom. The molecule has 7 unspecified atom stereocenters. The molecule has 0 aromatic rings. The number of rotatable bonds is 21. The number of nitrogens with zero attached hydrogens (tertiary/aromatic N) is 3. The maximum atomic E-state index is 14.1. The van der Waals surface area contributed by atoms with Crippen LogP contribution in [-0.4, -0.2) is 102 Å². The maximum Gasteiger partial charge on any atom is 0.246 e. The number of carbonyl (C=O) groups is 6. The Bertz CT molecular complexity index is 1130. The lowest BCUT2D eigenvalue weighted by molar-refractivity contribution is -0.152. The fraction of sp³-hybridized carbons (Fsp3) is 0.778. The topological polar surface area (TPSA) is 162 Å². The lowest BCUT2D eigenvalue weighted by Gasteiger charge is -2.39. The third-order valence-electron chi connectivity index (χ3n) is 9.37. The fourth-order valence-electron chi connectivity index (χ4n) is 6.05. The molecule has 4 N–H and O–H groups in total. The average molecular weight is 677 g/mol. The van der Waals surface area contributed by atoms with Crippen molar-refractivity contribution in [3.8, 4) is 12.3 Å². The second kappa shape index (κ2) is 21.4. The molecule has 0 saturated heterocycles. The third-order valence-corrected chi connectivity index (χ3v) is 9.37. The monoisotopic (exact) mass is 676 g/mol. The number of nitrogens with one attached hydrogen (secondary N) is 2. The molecule has 0 aliphatic heterocycles. The SMILES string of the molecule is C#CCCCCC(C)C(=O)N(C)C(C(=O)N(C)C(C(=O)NC(C(=O)N(C)C(C(=O)NCC(N)=O)C(C)CC)C(C)CC)C(C)C)C(C)C. The molecule has 0 saturated carbocycles. The molecule has 0 heterocycles. The summed E-state index contributed by atoms with van der Waals surface area (Å²) in [4.78, 5) is 84.1. The van der Waals surface area contributed by atoms with E-state index >= 15 is 0 Å². The summed E-state index contributed by atoms with van der Waals surface area (Å²) in [7, 11) is 4.69. The standard InChI is InChI=1S/C36H64N6O6/c1-14-17-18-19-20-26(10)34(46)41(12)30(23(6)7)36(48)40(11)29(22(4)5)33(45)39-28(24(8)15-2)35(47)42(13)31(25(9)16-3)32(44)38-21-27(37)43/h1,22-26,28-31H,15-21H2,2-13H3,(H2,37,43)(H,38,44)(H,39,45). The normalized spacial score (nSPS) is 15.6. The van der Waals surface area contributed by atoms with E-state index in [9.17, 15) is 28.8 Å². The van der Waals surface area contributed by atoms with Gasteiger partial charge >= 0.3 is 0 Å². The van der Waals surface area contributed by atoms with E-state index in [4.69, 9.17) is 12.2 Å². The number of hydrogen-bond acceptors (Lipinski definition) is 6. The van der Waals surface area contributed by atoms with Crippen LogP contribution < -0.4 is 16.4 Å². The number of unbranched alkanes of at least 4 members (excludes halogenated alkanes) is 2. The van der Waals surface area contributed by atoms with Crippen molar-refractivity contribution in [2.45, 2.75) is 125 Å². The average Bonchev–Trinajstić information content (AvgIpc) is 3.02. The van der Waals surface area contributed by atoms with Crippen LogP contribution in [0, 0.1) is 41.9 Å². The van der Waals surface area contributed by atoms with Crippen LogP contribution in [0.5, 0.6) is 0 Å². The van der Waals surface area contributed by atoms with Gasteiger partial charge in [-0.2, -0.15) is 0 Å². The predicted octanol–water partition coefficient (Wildman–Crippen LogP) is 2.79. The summed E-state index contributed by atoms with van der Waals surface area (Å²) in [5.74, 6) is -1.54. The van der Waals surface area contributed by atoms with Crippen molar-refractivity contribution in [1.82, 2.24) is 25.3 Å². The molecule has 6 amide bonds. The van der Waals surface area contributed by atoms with E-state index in [1.807, 2.05) is 62.3 Å². The second-order valence-corrected chi connectivity index (χ2v) is 14.0. The number of likely N-dealkylation sites (N-methyl/N-ethyl adjacent to an activating group) is 3. The van der Waals surface area contributed by atoms with Crippen LogP contribution in [0.3, 0.4) is 0 Å². The zero-order valence-electron chi connectivity index (χ0n) is 31.6. The molecule has 274 valence electrons. The molecule has 0 aliphatic rings. The Labute approximate surface area is 289 Å². The summed E-state index contributed by atoms with van der Waals surface area (Å²) in [6, 6.07) is -3.65. The highest BCUT2D eigenvalue weighted by Gasteiger charge is 2.41. The smallest absolute Gasteiger partial charge is 0.246 e. The summed E-state index contributed by atoms with van der Waals surface area (Å²) >= 11 is 0. The second-order valence-electron chi connectivity index (χ2n) is 14.0. The highest BCUT2D eigenvalue weighted by molar-refractivity contribution is 5.96. The molecule has 0 radical (unpaired) electrons. The van der Waals surface area contributed by atoms with Gasteiger partial charge in [-0.25, -0.2) is 0 Å². The Morgan fingerprint density at radius 1 is 0.688 bits per heavy atom. The minimum absolute atomic E-state index is 0.150. The zero-order chi connectivity index (χ0) is 37.5. The Balaban J connectivity index is 6.30. The van der Waals surface area contributed by atoms with Crippen LogP contribution in [0.1, 0.15) is 101 Å². The summed E-state index contributed by atoms with van der Waals surface area (Å²) in [6.07, 6.45) is 9.42. The first-order valence-electron chi connectivity index (χ1n) is 17.4. The quantitative estimate of drug-likeness (QED) is 0.125. The van der Waals surface area contributed by atoms with Crippen molar-refractivity contribution >= 4 is 35.4 Å². The van der Waals surface area contributed by atoms with E-state index in [0.29, 0.717) is 25.7 Å². The number of terminal acetylenes is 1. The first-order chi connectivity index (χ1) is 22.3. The van der Waals surface area contributed by atoms with Gasteiger partial charge in [0.2, 0.25) is 35.4 Å². The predicted molar refractivity (Wildman–Crippen MR) is 189 cm³/mol. The van der Waals surface area contributed by atoms with Crippen molar-refractivity contribution in [3.05, 3.63) is 0 Å². The van der Waals surface area contributed by atoms with Gasteiger partial charge in [0.25, 0.3) is 0 Å². The Kier molecular flexibility index (Phi) is 19.8. The van der Waals surface area contributed by atoms with Gasteiger partial charge in [0.1, 0.15) is 24.2 Å². The molecule has 0 aliphatic carbocycles. The lowest BCUT2D eigenvalue weighted by Crippen LogP contribution is -2.62. The van der Waals surface area contributed by atoms with Crippen LogP contribution in [0.25, 0.3) is 0 Å². The molecule has 48 heavy (non-hydrogen) atoms. The molecular weight excluding hydrogens is 612 g/mol. The van der Waals surface area contributed by atoms with Gasteiger partial charge in [0.05, 0.1) is 6.54 Å². The number of carbonyl (C=O) groups excluding carboxylic acids is 6. The minimum atomic E-state index is -0.992. The van der Waals surface area contributed by atoms with E-state index in [2.05, 4.69) is 16.6 Å². The van der Waals surface area contributed by atoms with Crippen molar-refractivity contribution in [2.24, 2.45) is 35.3 Å². The summed E-state index contributed by atoms with van der Waals surface area (Å²) in [6.45, 7) is 16.3. The van der Waals surface area contributed by atoms with E-state index in [-0.39, 0.29) is 47.9 Å². The Hall–Kier alpha value is -3.62. The van der Waals surface area contributed by atoms with Crippen molar-refractivity contribution in [1.29, 1.82) is 0 Å². The Morgan fingerprint density at radius 3 is 1.65 bits per heavy atom. The van der Waals surface area contributed by atoms with Crippen LogP contribution in [0.2, 0.25) is 0 Å². The van der Waals surface area contributed by atoms with Gasteiger partial charge in [0.15, 0.2) is 0 Å². The maximum absolute atomic E-state index is 14.1. The molecule has 12 heteroatoms. The van der Waals surface area contributed by atoms with Crippen LogP contribution in [0.15, 0.2) is 0 Å². The van der Waals surface area contributed by atoms with Crippen molar-refractivity contribution in [3.63, 3.8) is 0 Å². The number of nitrogens with two attached hydrogens (primary N) is 1. The minimum Gasteiger partial charge on any atom is -0.368 e. The lowest BCUT2D eigenvalue weighted by atomic mass is 9.92. The molecule has 0 fully saturated rings. The highest BCUT2D eigenvalue weighted by Crippen LogP contribution is 2.22. The van der Waals surface area contributed by atoms with Gasteiger partial charge in [-0.15, -0.1) is 12.3 Å². The first kappa shape index (κ1) is 44.4. The molecule has 0 spiro atoms. The molecule has 12 nitrogen and oxygen atoms in total. The van der Waals surface area contributed by atoms with Crippen LogP contribution >= 0.6 is 0 Å². The molecule has 0 aromatic heterocycles. The molecule has 0 aromatic carbocycles. The fourth-order valence-corrected chi connectivity index (χ4v) is 6.05. The van der Waals surface area contributed by atoms with Crippen LogP contribution in [-0.2, 0) is 28.8 Å². The molecule has 0 bridgehead atoms.